The molecule has 4 fully saturated rings. The molecule has 314 valence electrons. The second-order valence-corrected chi connectivity index (χ2v) is 19.1. The van der Waals surface area contributed by atoms with Crippen molar-refractivity contribution in [2.24, 2.45) is 17.8 Å². The van der Waals surface area contributed by atoms with E-state index in [1.807, 2.05) is 30.3 Å². The number of nitrogens with zero attached hydrogens (tertiary/aromatic N) is 2. The van der Waals surface area contributed by atoms with E-state index in [0.717, 1.165) is 31.2 Å². The number of hydrogen-bond acceptors (Lipinski definition) is 12. The van der Waals surface area contributed by atoms with E-state index in [0.29, 0.717) is 43.6 Å². The number of fused-ring (bicyclic) bond motifs is 2. The van der Waals surface area contributed by atoms with Crippen LogP contribution in [0.25, 0.3) is 0 Å². The van der Waals surface area contributed by atoms with Gasteiger partial charge in [0, 0.05) is 24.2 Å². The lowest BCUT2D eigenvalue weighted by atomic mass is 9.83. The van der Waals surface area contributed by atoms with Crippen molar-refractivity contribution in [2.45, 2.75) is 139 Å². The number of nitrogens with one attached hydrogen (secondary N) is 1. The van der Waals surface area contributed by atoms with Crippen LogP contribution in [-0.2, 0) is 54.2 Å². The number of ketones is 1. The molecule has 1 aromatic carbocycles. The first-order valence-corrected chi connectivity index (χ1v) is 22.4. The number of ether oxygens (including phenoxy) is 3. The summed E-state index contributed by atoms with van der Waals surface area (Å²) in [5.74, 6) is -3.55. The Morgan fingerprint density at radius 1 is 0.772 bits per heavy atom. The highest BCUT2D eigenvalue weighted by Gasteiger charge is 2.46. The number of carbonyl (C=O) groups excluding carboxylic acids is 7. The maximum absolute atomic E-state index is 14.3. The third-order valence-electron chi connectivity index (χ3n) is 11.4. The summed E-state index contributed by atoms with van der Waals surface area (Å²) in [7, 11) is 2.63. The molecule has 4 aliphatic rings. The maximum Gasteiger partial charge on any atom is 0.328 e. The van der Waals surface area contributed by atoms with Crippen LogP contribution in [0.4, 0.5) is 0 Å². The van der Waals surface area contributed by atoms with Gasteiger partial charge in [-0.2, -0.15) is 0 Å². The average molecular weight is 830 g/mol. The topological polar surface area (TPSA) is 166 Å². The summed E-state index contributed by atoms with van der Waals surface area (Å²) >= 11 is 3.23. The Balaban J connectivity index is 1.35. The van der Waals surface area contributed by atoms with Gasteiger partial charge in [0.2, 0.25) is 17.7 Å². The Bertz CT molecular complexity index is 1620. The molecule has 4 aliphatic heterocycles. The predicted octanol–water partition coefficient (Wildman–Crippen LogP) is 5.07. The maximum atomic E-state index is 14.3. The van der Waals surface area contributed by atoms with Gasteiger partial charge in [0.25, 0.3) is 0 Å². The number of esters is 3. The van der Waals surface area contributed by atoms with Crippen LogP contribution in [0.5, 0.6) is 0 Å². The van der Waals surface area contributed by atoms with Crippen LogP contribution in [0.2, 0.25) is 0 Å². The van der Waals surface area contributed by atoms with Gasteiger partial charge in [-0.1, -0.05) is 30.3 Å². The molecular formula is C42H59N3O10S2. The van der Waals surface area contributed by atoms with Crippen LogP contribution in [0.1, 0.15) is 103 Å². The molecule has 4 saturated heterocycles. The van der Waals surface area contributed by atoms with E-state index in [2.05, 4.69) is 5.32 Å². The Hall–Kier alpha value is -3.59. The fraction of sp³-hybridized carbons (Fsp3) is 0.690. The van der Waals surface area contributed by atoms with Crippen molar-refractivity contribution in [1.29, 1.82) is 0 Å². The van der Waals surface area contributed by atoms with E-state index in [-0.39, 0.29) is 59.9 Å². The number of methoxy groups -OCH3 is 2. The lowest BCUT2D eigenvalue weighted by Crippen LogP contribution is -2.57. The highest BCUT2D eigenvalue weighted by atomic mass is 32.2. The van der Waals surface area contributed by atoms with Crippen molar-refractivity contribution in [2.75, 3.05) is 25.7 Å². The molecule has 0 unspecified atom stereocenters. The highest BCUT2D eigenvalue weighted by molar-refractivity contribution is 8.00. The molecule has 0 aliphatic carbocycles. The van der Waals surface area contributed by atoms with E-state index in [1.165, 1.54) is 14.2 Å². The lowest BCUT2D eigenvalue weighted by molar-refractivity contribution is -0.158. The van der Waals surface area contributed by atoms with Crippen LogP contribution in [0.3, 0.4) is 0 Å². The summed E-state index contributed by atoms with van der Waals surface area (Å²) in [4.78, 5) is 98.7. The molecule has 15 heteroatoms. The molecule has 4 heterocycles. The predicted molar refractivity (Wildman–Crippen MR) is 217 cm³/mol. The van der Waals surface area contributed by atoms with E-state index in [1.54, 1.807) is 54.1 Å². The highest BCUT2D eigenvalue weighted by Crippen LogP contribution is 2.38. The molecule has 0 bridgehead atoms. The normalized spacial score (nSPS) is 26.4. The van der Waals surface area contributed by atoms with Crippen LogP contribution < -0.4 is 5.32 Å². The summed E-state index contributed by atoms with van der Waals surface area (Å²) in [6.07, 6.45) is 5.34. The monoisotopic (exact) mass is 829 g/mol. The fourth-order valence-corrected chi connectivity index (χ4v) is 11.3. The van der Waals surface area contributed by atoms with Gasteiger partial charge in [0.05, 0.1) is 31.4 Å². The number of benzene rings is 1. The van der Waals surface area contributed by atoms with Crippen molar-refractivity contribution >= 4 is 64.9 Å². The summed E-state index contributed by atoms with van der Waals surface area (Å²) in [6, 6.07) is 7.23. The first-order valence-electron chi connectivity index (χ1n) is 20.3. The Morgan fingerprint density at radius 3 is 1.91 bits per heavy atom. The van der Waals surface area contributed by atoms with Gasteiger partial charge < -0.3 is 29.3 Å². The van der Waals surface area contributed by atoms with Crippen molar-refractivity contribution < 1.29 is 47.8 Å². The van der Waals surface area contributed by atoms with Crippen molar-refractivity contribution in [3.8, 4) is 0 Å². The van der Waals surface area contributed by atoms with Gasteiger partial charge in [0.1, 0.15) is 29.5 Å². The molecule has 5 rings (SSSR count). The zero-order valence-electron chi connectivity index (χ0n) is 33.9. The second kappa shape index (κ2) is 20.4. The number of thioether (sulfide) groups is 2. The number of rotatable bonds is 14. The zero-order chi connectivity index (χ0) is 41.3. The van der Waals surface area contributed by atoms with Crippen LogP contribution in [0.15, 0.2) is 30.3 Å². The molecule has 0 aromatic heterocycles. The Morgan fingerprint density at radius 2 is 1.33 bits per heavy atom. The molecule has 0 radical (unpaired) electrons. The summed E-state index contributed by atoms with van der Waals surface area (Å²) < 4.78 is 15.7. The van der Waals surface area contributed by atoms with Gasteiger partial charge in [-0.25, -0.2) is 9.59 Å². The van der Waals surface area contributed by atoms with Gasteiger partial charge >= 0.3 is 17.9 Å². The fourth-order valence-electron chi connectivity index (χ4n) is 8.50. The van der Waals surface area contributed by atoms with E-state index in [9.17, 15) is 33.6 Å². The van der Waals surface area contributed by atoms with Gasteiger partial charge in [-0.3, -0.25) is 24.0 Å². The van der Waals surface area contributed by atoms with Crippen molar-refractivity contribution in [3.05, 3.63) is 35.9 Å². The Kier molecular flexibility index (Phi) is 15.9. The molecule has 3 amide bonds. The molecular weight excluding hydrogens is 771 g/mol. The first-order chi connectivity index (χ1) is 27.2. The third-order valence-corrected chi connectivity index (χ3v) is 14.0. The summed E-state index contributed by atoms with van der Waals surface area (Å²) in [5.41, 5.74) is 0.111. The lowest BCUT2D eigenvalue weighted by Gasteiger charge is -2.40. The molecule has 57 heavy (non-hydrogen) atoms. The number of Topliss-reactive ketones (excluding diaryl/α,β-unsaturated/α-hetero) is 1. The number of amides is 3. The van der Waals surface area contributed by atoms with Crippen molar-refractivity contribution in [3.63, 3.8) is 0 Å². The van der Waals surface area contributed by atoms with E-state index in [4.69, 9.17) is 14.2 Å². The smallest absolute Gasteiger partial charge is 0.328 e. The van der Waals surface area contributed by atoms with Crippen LogP contribution in [-0.4, -0.2) is 111 Å². The molecule has 8 atom stereocenters. The number of piperidine rings is 2. The van der Waals surface area contributed by atoms with E-state index < -0.39 is 59.4 Å². The molecule has 0 spiro atoms. The van der Waals surface area contributed by atoms with Crippen LogP contribution >= 0.6 is 23.5 Å². The molecule has 13 nitrogen and oxygen atoms in total. The summed E-state index contributed by atoms with van der Waals surface area (Å²) in [5, 5.41) is 2.68. The average Bonchev–Trinajstić information content (AvgIpc) is 3.44. The molecule has 0 saturated carbocycles. The van der Waals surface area contributed by atoms with E-state index >= 15 is 0 Å². The minimum atomic E-state index is -0.843. The van der Waals surface area contributed by atoms with Gasteiger partial charge in [0.15, 0.2) is 0 Å². The summed E-state index contributed by atoms with van der Waals surface area (Å²) in [6.45, 7) is 5.26. The molecule has 1 aromatic rings. The SMILES string of the molecule is COC(=O)[C@@H]1CCC[C@@H]2SCC[C@H](CC(=O)[C@H](CC[C@H](Cc3ccccc3)C(=O)N[C@H]3CCS[C@H]4CCC[C@@H](C(=O)OC)N4C3=O)CC(=O)OC(C)(C)C)C(=O)N21. The number of hydrogen-bond donors (Lipinski definition) is 1. The van der Waals surface area contributed by atoms with Gasteiger partial charge in [-0.15, -0.1) is 23.5 Å². The first kappa shape index (κ1) is 44.5. The standard InChI is InChI=1S/C42H59N3O10S2/c1-42(2,3)55-36(47)25-27(33(46)24-29-19-21-56-34-15-9-13-31(40(51)53-4)44(34)38(29)49)17-18-28(23-26-11-7-6-8-12-26)37(48)43-30-20-22-57-35-16-10-14-32(41(52)54-5)45(35)39(30)50/h6-8,11-12,27-32,34-35H,9-10,13-25H2,1-5H3,(H,43,48)/t27-,28-,29-,30+,31+,32+,34+,35+/m1/s1. The largest absolute Gasteiger partial charge is 0.467 e. The third kappa shape index (κ3) is 11.8. The number of carbonyl (C=O) groups is 7. The van der Waals surface area contributed by atoms with Gasteiger partial charge in [-0.05, 0) is 108 Å². The second-order valence-electron chi connectivity index (χ2n) is 16.5. The zero-order valence-corrected chi connectivity index (χ0v) is 35.5. The van der Waals surface area contributed by atoms with Crippen LogP contribution in [0, 0.1) is 17.8 Å². The Labute approximate surface area is 344 Å². The van der Waals surface area contributed by atoms with Crippen molar-refractivity contribution in [1.82, 2.24) is 15.1 Å². The minimum Gasteiger partial charge on any atom is -0.467 e. The molecule has 1 N–H and O–H groups in total. The minimum absolute atomic E-state index is 0.105. The quantitative estimate of drug-likeness (QED) is 0.196.